The van der Waals surface area contributed by atoms with E-state index in [0.29, 0.717) is 19.4 Å². The lowest BCUT2D eigenvalue weighted by molar-refractivity contribution is -0.121. The van der Waals surface area contributed by atoms with Crippen LogP contribution < -0.4 is 10.6 Å². The van der Waals surface area contributed by atoms with Gasteiger partial charge >= 0.3 is 6.09 Å². The lowest BCUT2D eigenvalue weighted by atomic mass is 9.79. The molecule has 2 aliphatic heterocycles. The van der Waals surface area contributed by atoms with Crippen molar-refractivity contribution in [1.82, 2.24) is 40.3 Å². The van der Waals surface area contributed by atoms with Crippen molar-refractivity contribution >= 4 is 11.9 Å². The summed E-state index contributed by atoms with van der Waals surface area (Å²) >= 11 is 0. The molecule has 3 aromatic heterocycles. The van der Waals surface area contributed by atoms with Gasteiger partial charge in [0.15, 0.2) is 5.82 Å². The van der Waals surface area contributed by atoms with E-state index in [1.165, 1.54) is 0 Å². The molecule has 0 spiro atoms. The van der Waals surface area contributed by atoms with Crippen molar-refractivity contribution in [1.29, 1.82) is 0 Å². The largest absolute Gasteiger partial charge is 0.465 e. The molecule has 228 valence electrons. The molecular formula is C34H34N8O3. The van der Waals surface area contributed by atoms with Gasteiger partial charge in [-0.2, -0.15) is 0 Å². The van der Waals surface area contributed by atoms with Crippen molar-refractivity contribution in [2.24, 2.45) is 0 Å². The Morgan fingerprint density at radius 1 is 0.911 bits per heavy atom. The molecule has 5 N–H and O–H groups in total. The molecule has 1 saturated heterocycles. The summed E-state index contributed by atoms with van der Waals surface area (Å²) in [7, 11) is 0. The average Bonchev–Trinajstić information content (AvgIpc) is 3.87. The number of aromatic amines is 2. The number of carbonyl (C=O) groups is 2. The van der Waals surface area contributed by atoms with Crippen molar-refractivity contribution in [3.8, 4) is 33.8 Å². The molecule has 5 aromatic rings. The van der Waals surface area contributed by atoms with Gasteiger partial charge in [-0.25, -0.2) is 9.78 Å². The minimum absolute atomic E-state index is 0.0556. The van der Waals surface area contributed by atoms with Gasteiger partial charge in [0.2, 0.25) is 0 Å². The highest BCUT2D eigenvalue weighted by molar-refractivity contribution is 5.88. The van der Waals surface area contributed by atoms with Crippen LogP contribution in [0.25, 0.3) is 33.8 Å². The van der Waals surface area contributed by atoms with Gasteiger partial charge in [-0.15, -0.1) is 10.2 Å². The fourth-order valence-electron chi connectivity index (χ4n) is 7.33. The van der Waals surface area contributed by atoms with E-state index in [9.17, 15) is 14.7 Å². The molecule has 0 bridgehead atoms. The van der Waals surface area contributed by atoms with Crippen molar-refractivity contribution in [2.45, 2.75) is 62.6 Å². The van der Waals surface area contributed by atoms with Crippen LogP contribution in [0.5, 0.6) is 0 Å². The second kappa shape index (κ2) is 11.2. The van der Waals surface area contributed by atoms with Crippen molar-refractivity contribution in [3.63, 3.8) is 0 Å². The third-order valence-electron chi connectivity index (χ3n) is 9.60. The van der Waals surface area contributed by atoms with E-state index >= 15 is 0 Å². The summed E-state index contributed by atoms with van der Waals surface area (Å²) in [4.78, 5) is 36.6. The average molecular weight is 603 g/mol. The highest BCUT2D eigenvalue weighted by Gasteiger charge is 2.41. The summed E-state index contributed by atoms with van der Waals surface area (Å²) in [5.41, 5.74) is 7.19. The number of nitrogens with zero attached hydrogens (tertiary/aromatic N) is 4. The Balaban J connectivity index is 0.977. The third kappa shape index (κ3) is 5.12. The maximum absolute atomic E-state index is 13.6. The van der Waals surface area contributed by atoms with E-state index in [1.807, 2.05) is 12.4 Å². The monoisotopic (exact) mass is 602 g/mol. The van der Waals surface area contributed by atoms with Crippen LogP contribution in [0.1, 0.15) is 66.5 Å². The molecule has 1 fully saturated rings. The number of hydrogen-bond acceptors (Lipinski definition) is 6. The number of Topliss-reactive ketones (excluding diaryl/α,β-unsaturated/α-hetero) is 1. The Morgan fingerprint density at radius 2 is 1.67 bits per heavy atom. The third-order valence-corrected chi connectivity index (χ3v) is 9.60. The predicted molar refractivity (Wildman–Crippen MR) is 168 cm³/mol. The standard InChI is InChI=1S/C34H34N8O3/c43-28-16-24(18-42-15-13-22-11-12-25(38-34(44)45)29(28)30(22)42)31-36-17-27(37-31)21-7-3-19(4-8-21)20-5-9-23(10-6-20)32-39-33(41-40-32)26-2-1-14-35-26/h3-10,13,15,17,24-26,29,35,38H,1-2,11-12,14,16,18H2,(H,36,37)(H,44,45)(H,39,40,41)/t24-,25-,26-,29?/m0/s1. The summed E-state index contributed by atoms with van der Waals surface area (Å²) in [6, 6.07) is 18.6. The molecule has 8 rings (SSSR count). The molecule has 1 aliphatic carbocycles. The Morgan fingerprint density at radius 3 is 2.40 bits per heavy atom. The number of amides is 1. The van der Waals surface area contributed by atoms with Crippen LogP contribution in [0, 0.1) is 0 Å². The first kappa shape index (κ1) is 27.5. The van der Waals surface area contributed by atoms with Gasteiger partial charge in [-0.05, 0) is 60.5 Å². The zero-order valence-electron chi connectivity index (χ0n) is 24.7. The quantitative estimate of drug-likeness (QED) is 0.180. The minimum Gasteiger partial charge on any atom is -0.465 e. The highest BCUT2D eigenvalue weighted by atomic mass is 16.4. The van der Waals surface area contributed by atoms with Gasteiger partial charge in [0, 0.05) is 42.4 Å². The fraction of sp³-hybridized carbons (Fsp3) is 0.324. The Kier molecular flexibility index (Phi) is 6.82. The first-order valence-corrected chi connectivity index (χ1v) is 15.6. The predicted octanol–water partition coefficient (Wildman–Crippen LogP) is 5.18. The number of ketones is 1. The number of carboxylic acid groups (broad SMARTS) is 1. The molecule has 45 heavy (non-hydrogen) atoms. The minimum atomic E-state index is -1.09. The topological polar surface area (TPSA) is 154 Å². The van der Waals surface area contributed by atoms with Crippen LogP contribution in [0.2, 0.25) is 0 Å². The van der Waals surface area contributed by atoms with E-state index in [1.54, 1.807) is 0 Å². The molecule has 1 unspecified atom stereocenters. The van der Waals surface area contributed by atoms with Crippen molar-refractivity contribution < 1.29 is 14.7 Å². The second-order valence-electron chi connectivity index (χ2n) is 12.4. The Hall–Kier alpha value is -5.03. The van der Waals surface area contributed by atoms with Gasteiger partial charge in [0.25, 0.3) is 0 Å². The maximum atomic E-state index is 13.6. The van der Waals surface area contributed by atoms with E-state index in [2.05, 4.69) is 90.0 Å². The van der Waals surface area contributed by atoms with E-state index in [0.717, 1.165) is 82.5 Å². The lowest BCUT2D eigenvalue weighted by Crippen LogP contribution is -2.44. The van der Waals surface area contributed by atoms with Gasteiger partial charge in [0.05, 0.1) is 23.9 Å². The number of imidazole rings is 1. The van der Waals surface area contributed by atoms with Crippen LogP contribution in [0.15, 0.2) is 67.0 Å². The first-order valence-electron chi connectivity index (χ1n) is 15.6. The zero-order chi connectivity index (χ0) is 30.5. The zero-order valence-corrected chi connectivity index (χ0v) is 24.7. The van der Waals surface area contributed by atoms with Crippen LogP contribution in [-0.4, -0.2) is 59.3 Å². The number of hydrogen-bond donors (Lipinski definition) is 5. The van der Waals surface area contributed by atoms with Crippen molar-refractivity contribution in [2.75, 3.05) is 6.54 Å². The molecule has 1 amide bonds. The normalized spacial score (nSPS) is 22.6. The van der Waals surface area contributed by atoms with Crippen LogP contribution in [-0.2, 0) is 17.8 Å². The second-order valence-corrected chi connectivity index (χ2v) is 12.4. The summed E-state index contributed by atoms with van der Waals surface area (Å²) in [6.45, 7) is 1.63. The molecular weight excluding hydrogens is 568 g/mol. The van der Waals surface area contributed by atoms with Crippen LogP contribution in [0.4, 0.5) is 4.79 Å². The fourth-order valence-corrected chi connectivity index (χ4v) is 7.33. The molecule has 0 radical (unpaired) electrons. The van der Waals surface area contributed by atoms with Gasteiger partial charge in [-0.1, -0.05) is 48.5 Å². The summed E-state index contributed by atoms with van der Waals surface area (Å²) in [5, 5.41) is 24.1. The number of carbonyl (C=O) groups excluding carboxylic acids is 1. The summed E-state index contributed by atoms with van der Waals surface area (Å²) in [5.74, 6) is 1.89. The molecule has 11 nitrogen and oxygen atoms in total. The number of nitrogens with one attached hydrogen (secondary N) is 4. The van der Waals surface area contributed by atoms with Crippen molar-refractivity contribution in [3.05, 3.63) is 89.9 Å². The Labute approximate surface area is 259 Å². The number of H-pyrrole nitrogens is 2. The van der Waals surface area contributed by atoms with E-state index < -0.39 is 18.1 Å². The first-order chi connectivity index (χ1) is 22.0. The lowest BCUT2D eigenvalue weighted by Gasteiger charge is -2.31. The summed E-state index contributed by atoms with van der Waals surface area (Å²) < 4.78 is 2.13. The van der Waals surface area contributed by atoms with Gasteiger partial charge in [0.1, 0.15) is 17.4 Å². The van der Waals surface area contributed by atoms with E-state index in [4.69, 9.17) is 4.98 Å². The number of rotatable bonds is 6. The number of aromatic nitrogens is 6. The maximum Gasteiger partial charge on any atom is 0.404 e. The molecule has 5 heterocycles. The summed E-state index contributed by atoms with van der Waals surface area (Å²) in [6.07, 6.45) is 6.68. The molecule has 4 atom stereocenters. The van der Waals surface area contributed by atoms with Gasteiger partial charge < -0.3 is 30.3 Å². The highest BCUT2D eigenvalue weighted by Crippen LogP contribution is 2.40. The SMILES string of the molecule is O=C(O)N[C@H]1CCc2ccn3c2C1C(=O)C[C@H](c1ncc(-c2ccc(-c4ccc(-c5nnc([C@@H]6CCCN6)[nH]5)cc4)cc2)[nH]1)C3. The smallest absolute Gasteiger partial charge is 0.404 e. The van der Waals surface area contributed by atoms with Gasteiger partial charge in [-0.3, -0.25) is 4.79 Å². The van der Waals surface area contributed by atoms with Crippen LogP contribution in [0.3, 0.4) is 0 Å². The molecule has 11 heteroatoms. The molecule has 3 aliphatic rings. The number of benzene rings is 2. The number of aryl methyl sites for hydroxylation is 1. The van der Waals surface area contributed by atoms with E-state index in [-0.39, 0.29) is 17.7 Å². The molecule has 2 aromatic carbocycles. The molecule has 0 saturated carbocycles. The Bertz CT molecular complexity index is 1860. The van der Waals surface area contributed by atoms with Crippen LogP contribution >= 0.6 is 0 Å².